The first-order valence-corrected chi connectivity index (χ1v) is 9.09. The van der Waals surface area contributed by atoms with E-state index in [1.807, 2.05) is 33.8 Å². The summed E-state index contributed by atoms with van der Waals surface area (Å²) in [4.78, 5) is 26.4. The smallest absolute Gasteiger partial charge is 0.410 e. The monoisotopic (exact) mass is 386 g/mol. The van der Waals surface area contributed by atoms with Crippen molar-refractivity contribution in [2.24, 2.45) is 0 Å². The molecule has 0 spiro atoms. The van der Waals surface area contributed by atoms with Crippen LogP contribution >= 0.6 is 23.2 Å². The fourth-order valence-corrected chi connectivity index (χ4v) is 3.06. The van der Waals surface area contributed by atoms with Gasteiger partial charge in [-0.1, -0.05) is 29.3 Å². The molecule has 25 heavy (non-hydrogen) atoms. The highest BCUT2D eigenvalue weighted by Gasteiger charge is 2.37. The van der Waals surface area contributed by atoms with Crippen LogP contribution in [0.25, 0.3) is 0 Å². The van der Waals surface area contributed by atoms with Gasteiger partial charge in [-0.3, -0.25) is 9.69 Å². The van der Waals surface area contributed by atoms with E-state index in [0.29, 0.717) is 23.0 Å². The topological polar surface area (TPSA) is 58.6 Å². The third kappa shape index (κ3) is 5.25. The number of benzene rings is 1. The highest BCUT2D eigenvalue weighted by atomic mass is 35.5. The zero-order valence-corrected chi connectivity index (χ0v) is 16.4. The number of halogens is 2. The average Bonchev–Trinajstić information content (AvgIpc) is 2.98. The summed E-state index contributed by atoms with van der Waals surface area (Å²) in [5.41, 5.74) is 0.262. The summed E-state index contributed by atoms with van der Waals surface area (Å²) in [6.45, 7) is 7.81. The van der Waals surface area contributed by atoms with Crippen LogP contribution in [-0.2, 0) is 9.53 Å². The average molecular weight is 387 g/mol. The number of hydrogen-bond donors (Lipinski definition) is 1. The number of carbonyl (C=O) groups is 2. The molecular formula is C18H24Cl2N2O3. The Hall–Kier alpha value is -1.46. The Kier molecular flexibility index (Phi) is 6.22. The molecule has 0 aliphatic carbocycles. The number of hydrogen-bond acceptors (Lipinski definition) is 3. The van der Waals surface area contributed by atoms with Crippen molar-refractivity contribution < 1.29 is 14.3 Å². The molecule has 1 aliphatic heterocycles. The Morgan fingerprint density at radius 1 is 1.28 bits per heavy atom. The summed E-state index contributed by atoms with van der Waals surface area (Å²) < 4.78 is 5.40. The van der Waals surface area contributed by atoms with Gasteiger partial charge in [0.2, 0.25) is 5.91 Å². The molecule has 7 heteroatoms. The summed E-state index contributed by atoms with van der Waals surface area (Å²) in [6.07, 6.45) is 0.949. The van der Waals surface area contributed by atoms with E-state index in [2.05, 4.69) is 5.32 Å². The molecule has 2 amide bonds. The minimum Gasteiger partial charge on any atom is -0.444 e. The van der Waals surface area contributed by atoms with E-state index in [4.69, 9.17) is 27.9 Å². The van der Waals surface area contributed by atoms with Gasteiger partial charge in [0.1, 0.15) is 11.6 Å². The molecular weight excluding hydrogens is 363 g/mol. The fraction of sp³-hybridized carbons (Fsp3) is 0.556. The van der Waals surface area contributed by atoms with Gasteiger partial charge >= 0.3 is 6.09 Å². The fourth-order valence-electron chi connectivity index (χ4n) is 2.75. The lowest BCUT2D eigenvalue weighted by Gasteiger charge is -2.28. The van der Waals surface area contributed by atoms with Crippen molar-refractivity contribution in [2.75, 3.05) is 6.54 Å². The molecule has 0 bridgehead atoms. The van der Waals surface area contributed by atoms with Crippen molar-refractivity contribution in [3.05, 3.63) is 33.8 Å². The number of likely N-dealkylation sites (tertiary alicyclic amines) is 1. The van der Waals surface area contributed by atoms with Crippen molar-refractivity contribution in [3.8, 4) is 0 Å². The minimum absolute atomic E-state index is 0.193. The van der Waals surface area contributed by atoms with Crippen LogP contribution in [0.5, 0.6) is 0 Å². The highest BCUT2D eigenvalue weighted by Crippen LogP contribution is 2.26. The molecule has 1 N–H and O–H groups in total. The van der Waals surface area contributed by atoms with Crippen molar-refractivity contribution in [2.45, 2.75) is 58.2 Å². The minimum atomic E-state index is -0.589. The second-order valence-electron chi connectivity index (χ2n) is 7.24. The molecule has 0 radical (unpaired) electrons. The van der Waals surface area contributed by atoms with Gasteiger partial charge in [0.05, 0.1) is 16.1 Å². The molecule has 5 nitrogen and oxygen atoms in total. The van der Waals surface area contributed by atoms with Crippen molar-refractivity contribution in [1.29, 1.82) is 0 Å². The van der Waals surface area contributed by atoms with Crippen LogP contribution in [0.15, 0.2) is 18.2 Å². The summed E-state index contributed by atoms with van der Waals surface area (Å²) in [5.74, 6) is -0.193. The van der Waals surface area contributed by atoms with Gasteiger partial charge in [-0.05, 0) is 58.2 Å². The standard InChI is InChI=1S/C18H24Cl2N2O3/c1-11(12-7-8-13(19)14(20)10-12)21-16(23)15-6-5-9-22(15)17(24)25-18(2,3)4/h7-8,10-11,15H,5-6,9H2,1-4H3,(H,21,23). The number of nitrogens with one attached hydrogen (secondary N) is 1. The van der Waals surface area contributed by atoms with E-state index in [1.165, 1.54) is 4.90 Å². The Morgan fingerprint density at radius 2 is 1.96 bits per heavy atom. The van der Waals surface area contributed by atoms with E-state index in [9.17, 15) is 9.59 Å². The molecule has 1 heterocycles. The van der Waals surface area contributed by atoms with Gasteiger partial charge < -0.3 is 10.1 Å². The van der Waals surface area contributed by atoms with E-state index in [0.717, 1.165) is 12.0 Å². The maximum atomic E-state index is 12.6. The largest absolute Gasteiger partial charge is 0.444 e. The third-order valence-electron chi connectivity index (χ3n) is 3.99. The normalized spacial score (nSPS) is 18.8. The van der Waals surface area contributed by atoms with Crippen LogP contribution < -0.4 is 5.32 Å². The number of nitrogens with zero attached hydrogens (tertiary/aromatic N) is 1. The van der Waals surface area contributed by atoms with Gasteiger partial charge in [-0.25, -0.2) is 4.79 Å². The molecule has 2 atom stereocenters. The summed E-state index contributed by atoms with van der Waals surface area (Å²) in [7, 11) is 0. The highest BCUT2D eigenvalue weighted by molar-refractivity contribution is 6.42. The van der Waals surface area contributed by atoms with Gasteiger partial charge in [-0.15, -0.1) is 0 Å². The quantitative estimate of drug-likeness (QED) is 0.827. The predicted octanol–water partition coefficient (Wildman–Crippen LogP) is 4.57. The first-order valence-electron chi connectivity index (χ1n) is 8.33. The number of rotatable bonds is 3. The predicted molar refractivity (Wildman–Crippen MR) is 99.0 cm³/mol. The molecule has 2 rings (SSSR count). The summed E-state index contributed by atoms with van der Waals surface area (Å²) in [6, 6.07) is 4.49. The van der Waals surface area contributed by atoms with Gasteiger partial charge in [0.25, 0.3) is 0 Å². The molecule has 1 saturated heterocycles. The van der Waals surface area contributed by atoms with E-state index in [1.54, 1.807) is 12.1 Å². The Balaban J connectivity index is 2.03. The number of carbonyl (C=O) groups excluding carboxylic acids is 2. The van der Waals surface area contributed by atoms with Crippen LogP contribution in [0.2, 0.25) is 10.0 Å². The van der Waals surface area contributed by atoms with E-state index >= 15 is 0 Å². The molecule has 0 saturated carbocycles. The van der Waals surface area contributed by atoms with E-state index < -0.39 is 17.7 Å². The molecule has 2 unspecified atom stereocenters. The van der Waals surface area contributed by atoms with Gasteiger partial charge in [0, 0.05) is 6.54 Å². The molecule has 138 valence electrons. The Bertz CT molecular complexity index is 658. The second kappa shape index (κ2) is 7.83. The van der Waals surface area contributed by atoms with Crippen LogP contribution in [0.4, 0.5) is 4.79 Å². The van der Waals surface area contributed by atoms with Crippen LogP contribution in [0.3, 0.4) is 0 Å². The SMILES string of the molecule is CC(NC(=O)C1CCCN1C(=O)OC(C)(C)C)c1ccc(Cl)c(Cl)c1. The lowest BCUT2D eigenvalue weighted by Crippen LogP contribution is -2.48. The summed E-state index contributed by atoms with van der Waals surface area (Å²) in [5, 5.41) is 3.85. The lowest BCUT2D eigenvalue weighted by atomic mass is 10.1. The zero-order valence-electron chi connectivity index (χ0n) is 14.9. The number of amides is 2. The van der Waals surface area contributed by atoms with Crippen LogP contribution in [0, 0.1) is 0 Å². The second-order valence-corrected chi connectivity index (χ2v) is 8.05. The third-order valence-corrected chi connectivity index (χ3v) is 4.72. The Labute approximate surface area is 158 Å². The first kappa shape index (κ1) is 19.9. The maximum Gasteiger partial charge on any atom is 0.410 e. The molecule has 1 fully saturated rings. The first-order chi connectivity index (χ1) is 11.6. The Morgan fingerprint density at radius 3 is 2.56 bits per heavy atom. The van der Waals surface area contributed by atoms with E-state index in [-0.39, 0.29) is 11.9 Å². The van der Waals surface area contributed by atoms with Gasteiger partial charge in [-0.2, -0.15) is 0 Å². The van der Waals surface area contributed by atoms with Crippen molar-refractivity contribution in [3.63, 3.8) is 0 Å². The molecule has 0 aromatic heterocycles. The van der Waals surface area contributed by atoms with Crippen LogP contribution in [-0.4, -0.2) is 35.1 Å². The van der Waals surface area contributed by atoms with Crippen molar-refractivity contribution >= 4 is 35.2 Å². The van der Waals surface area contributed by atoms with Crippen molar-refractivity contribution in [1.82, 2.24) is 10.2 Å². The zero-order chi connectivity index (χ0) is 18.8. The van der Waals surface area contributed by atoms with Gasteiger partial charge in [0.15, 0.2) is 0 Å². The number of ether oxygens (including phenoxy) is 1. The maximum absolute atomic E-state index is 12.6. The molecule has 1 aliphatic rings. The molecule has 1 aromatic rings. The summed E-state index contributed by atoms with van der Waals surface area (Å²) >= 11 is 12.0. The molecule has 1 aromatic carbocycles. The van der Waals surface area contributed by atoms with Crippen LogP contribution in [0.1, 0.15) is 52.1 Å². The lowest BCUT2D eigenvalue weighted by molar-refractivity contribution is -0.126.